The Morgan fingerprint density at radius 1 is 1.32 bits per heavy atom. The molecule has 0 spiro atoms. The molecule has 0 radical (unpaired) electrons. The zero-order chi connectivity index (χ0) is 14.1. The van der Waals surface area contributed by atoms with Crippen molar-refractivity contribution in [3.05, 3.63) is 0 Å². The molecule has 0 amide bonds. The third kappa shape index (κ3) is 6.57. The molecule has 0 bridgehead atoms. The molecular formula is C14H25NO4. The Bertz CT molecular complexity index is 293. The van der Waals surface area contributed by atoms with Crippen LogP contribution in [-0.4, -0.2) is 36.2 Å². The van der Waals surface area contributed by atoms with Crippen LogP contribution in [0.2, 0.25) is 0 Å². The predicted molar refractivity (Wildman–Crippen MR) is 71.2 cm³/mol. The summed E-state index contributed by atoms with van der Waals surface area (Å²) in [6.45, 7) is 4.63. The molecule has 0 N–H and O–H groups in total. The average molecular weight is 271 g/mol. The van der Waals surface area contributed by atoms with Gasteiger partial charge in [0, 0.05) is 32.4 Å². The largest absolute Gasteiger partial charge is 0.466 e. The fraction of sp³-hybridized carbons (Fsp3) is 0.857. The van der Waals surface area contributed by atoms with E-state index >= 15 is 0 Å². The fourth-order valence-electron chi connectivity index (χ4n) is 2.22. The van der Waals surface area contributed by atoms with Gasteiger partial charge in [0.2, 0.25) is 0 Å². The fourth-order valence-corrected chi connectivity index (χ4v) is 2.22. The molecule has 5 nitrogen and oxygen atoms in total. The van der Waals surface area contributed by atoms with Gasteiger partial charge in [-0.2, -0.15) is 0 Å². The molecule has 0 saturated carbocycles. The van der Waals surface area contributed by atoms with Gasteiger partial charge in [0.25, 0.3) is 0 Å². The number of carbonyl (C=O) groups excluding carboxylic acids is 2. The first kappa shape index (κ1) is 16.0. The van der Waals surface area contributed by atoms with Gasteiger partial charge >= 0.3 is 11.9 Å². The van der Waals surface area contributed by atoms with Crippen molar-refractivity contribution >= 4 is 11.9 Å². The second kappa shape index (κ2) is 8.91. The van der Waals surface area contributed by atoms with Crippen molar-refractivity contribution in [2.45, 2.75) is 64.8 Å². The first-order chi connectivity index (χ1) is 9.13. The molecule has 1 saturated heterocycles. The predicted octanol–water partition coefficient (Wildman–Crippen LogP) is 2.44. The monoisotopic (exact) mass is 271 g/mol. The number of nitrogens with zero attached hydrogens (tertiary/aromatic N) is 1. The van der Waals surface area contributed by atoms with Crippen molar-refractivity contribution in [1.29, 1.82) is 0 Å². The summed E-state index contributed by atoms with van der Waals surface area (Å²) in [6, 6.07) is 0.179. The summed E-state index contributed by atoms with van der Waals surface area (Å²) in [5.74, 6) is -0.413. The van der Waals surface area contributed by atoms with E-state index in [0.29, 0.717) is 13.0 Å². The Balaban J connectivity index is 2.34. The molecule has 1 aliphatic rings. The lowest BCUT2D eigenvalue weighted by Gasteiger charge is -2.33. The second-order valence-electron chi connectivity index (χ2n) is 4.99. The van der Waals surface area contributed by atoms with Crippen LogP contribution in [0.4, 0.5) is 0 Å². The lowest BCUT2D eigenvalue weighted by Crippen LogP contribution is -2.41. The maximum atomic E-state index is 11.6. The lowest BCUT2D eigenvalue weighted by atomic mass is 10.0. The molecule has 0 aromatic heterocycles. The first-order valence-electron chi connectivity index (χ1n) is 7.24. The Kier molecular flexibility index (Phi) is 7.48. The van der Waals surface area contributed by atoms with Gasteiger partial charge in [0.15, 0.2) is 0 Å². The van der Waals surface area contributed by atoms with Gasteiger partial charge in [-0.05, 0) is 19.3 Å². The molecule has 0 aromatic carbocycles. The standard InChI is InChI=1S/C14H25NO4/c1-3-4-8-14(17)19-15-10-6-5-7-13(15)9-11-18-12(2)16/h13H,3-11H2,1-2H3. The van der Waals surface area contributed by atoms with Crippen molar-refractivity contribution in [1.82, 2.24) is 5.06 Å². The molecule has 1 unspecified atom stereocenters. The number of hydrogen-bond donors (Lipinski definition) is 0. The molecule has 1 heterocycles. The van der Waals surface area contributed by atoms with Gasteiger partial charge in [-0.25, -0.2) is 0 Å². The number of carbonyl (C=O) groups is 2. The molecule has 1 rings (SSSR count). The molecule has 1 atom stereocenters. The molecule has 1 fully saturated rings. The van der Waals surface area contributed by atoms with Crippen molar-refractivity contribution in [2.75, 3.05) is 13.2 Å². The smallest absolute Gasteiger partial charge is 0.325 e. The van der Waals surface area contributed by atoms with E-state index in [4.69, 9.17) is 9.57 Å². The Morgan fingerprint density at radius 2 is 2.11 bits per heavy atom. The van der Waals surface area contributed by atoms with Crippen molar-refractivity contribution in [3.63, 3.8) is 0 Å². The molecule has 0 aliphatic carbocycles. The minimum absolute atomic E-state index is 0.152. The van der Waals surface area contributed by atoms with Crippen LogP contribution in [0.15, 0.2) is 0 Å². The summed E-state index contributed by atoms with van der Waals surface area (Å²) >= 11 is 0. The summed E-state index contributed by atoms with van der Waals surface area (Å²) in [5, 5.41) is 1.78. The SMILES string of the molecule is CCCCC(=O)ON1CCCCC1CCOC(C)=O. The number of unbranched alkanes of at least 4 members (excludes halogenated alkanes) is 1. The van der Waals surface area contributed by atoms with Crippen molar-refractivity contribution in [2.24, 2.45) is 0 Å². The molecule has 19 heavy (non-hydrogen) atoms. The van der Waals surface area contributed by atoms with E-state index in [1.54, 1.807) is 5.06 Å². The zero-order valence-corrected chi connectivity index (χ0v) is 12.0. The van der Waals surface area contributed by atoms with Crippen LogP contribution >= 0.6 is 0 Å². The summed E-state index contributed by atoms with van der Waals surface area (Å²) in [4.78, 5) is 27.8. The van der Waals surface area contributed by atoms with E-state index in [9.17, 15) is 9.59 Å². The van der Waals surface area contributed by atoms with Crippen LogP contribution < -0.4 is 0 Å². The van der Waals surface area contributed by atoms with E-state index in [2.05, 4.69) is 6.92 Å². The van der Waals surface area contributed by atoms with Crippen LogP contribution in [0.1, 0.15) is 58.8 Å². The molecule has 0 aromatic rings. The number of hydrogen-bond acceptors (Lipinski definition) is 5. The molecule has 110 valence electrons. The highest BCUT2D eigenvalue weighted by Crippen LogP contribution is 2.20. The summed E-state index contributed by atoms with van der Waals surface area (Å²) in [5.41, 5.74) is 0. The second-order valence-corrected chi connectivity index (χ2v) is 4.99. The number of hydroxylamine groups is 2. The van der Waals surface area contributed by atoms with Crippen molar-refractivity contribution in [3.8, 4) is 0 Å². The number of rotatable bonds is 7. The Labute approximate surface area is 115 Å². The van der Waals surface area contributed by atoms with Gasteiger partial charge in [-0.15, -0.1) is 5.06 Å². The summed E-state index contributed by atoms with van der Waals surface area (Å²) in [7, 11) is 0. The maximum Gasteiger partial charge on any atom is 0.325 e. The van der Waals surface area contributed by atoms with Gasteiger partial charge < -0.3 is 9.57 Å². The Hall–Kier alpha value is -1.10. The molecule has 1 aliphatic heterocycles. The third-order valence-electron chi connectivity index (χ3n) is 3.28. The number of esters is 1. The van der Waals surface area contributed by atoms with Crippen LogP contribution in [0.3, 0.4) is 0 Å². The quantitative estimate of drug-likeness (QED) is 0.666. The van der Waals surface area contributed by atoms with E-state index in [-0.39, 0.29) is 18.0 Å². The van der Waals surface area contributed by atoms with Crippen molar-refractivity contribution < 1.29 is 19.2 Å². The number of ether oxygens (including phenoxy) is 1. The number of piperidine rings is 1. The highest BCUT2D eigenvalue weighted by atomic mass is 16.7. The van der Waals surface area contributed by atoms with Gasteiger partial charge in [-0.3, -0.25) is 9.59 Å². The summed E-state index contributed by atoms with van der Waals surface area (Å²) in [6.07, 6.45) is 6.22. The lowest BCUT2D eigenvalue weighted by molar-refractivity contribution is -0.210. The minimum atomic E-state index is -0.262. The average Bonchev–Trinajstić information content (AvgIpc) is 2.38. The Morgan fingerprint density at radius 3 is 2.79 bits per heavy atom. The van der Waals surface area contributed by atoms with Crippen LogP contribution in [0.25, 0.3) is 0 Å². The summed E-state index contributed by atoms with van der Waals surface area (Å²) < 4.78 is 4.96. The molecular weight excluding hydrogens is 246 g/mol. The van der Waals surface area contributed by atoms with E-state index < -0.39 is 0 Å². The maximum absolute atomic E-state index is 11.6. The van der Waals surface area contributed by atoms with Crippen LogP contribution in [0, 0.1) is 0 Å². The van der Waals surface area contributed by atoms with E-state index in [1.165, 1.54) is 6.92 Å². The first-order valence-corrected chi connectivity index (χ1v) is 7.24. The van der Waals surface area contributed by atoms with Gasteiger partial charge in [-0.1, -0.05) is 19.8 Å². The highest BCUT2D eigenvalue weighted by molar-refractivity contribution is 5.69. The minimum Gasteiger partial charge on any atom is -0.466 e. The topological polar surface area (TPSA) is 55.8 Å². The molecule has 5 heteroatoms. The van der Waals surface area contributed by atoms with Gasteiger partial charge in [0.1, 0.15) is 0 Å². The third-order valence-corrected chi connectivity index (χ3v) is 3.28. The van der Waals surface area contributed by atoms with Gasteiger partial charge in [0.05, 0.1) is 6.61 Å². The normalized spacial score (nSPS) is 20.0. The van der Waals surface area contributed by atoms with E-state index in [1.807, 2.05) is 0 Å². The van der Waals surface area contributed by atoms with Crippen LogP contribution in [0.5, 0.6) is 0 Å². The zero-order valence-electron chi connectivity index (χ0n) is 12.0. The van der Waals surface area contributed by atoms with E-state index in [0.717, 1.165) is 45.1 Å². The highest BCUT2D eigenvalue weighted by Gasteiger charge is 2.25. The van der Waals surface area contributed by atoms with Crippen LogP contribution in [-0.2, 0) is 19.2 Å².